The molecule has 0 bridgehead atoms. The Bertz CT molecular complexity index is 693. The maximum Gasteiger partial charge on any atom is 0.0831 e. The van der Waals surface area contributed by atoms with Gasteiger partial charge in [0.1, 0.15) is 0 Å². The first-order valence-electron chi connectivity index (χ1n) is 5.25. The van der Waals surface area contributed by atoms with Crippen LogP contribution in [0.3, 0.4) is 0 Å². The number of hydrogen-bond acceptors (Lipinski definition) is 2. The Kier molecular flexibility index (Phi) is 2.99. The zero-order chi connectivity index (χ0) is 12.3. The molecule has 0 atom stereocenters. The fourth-order valence-corrected chi connectivity index (χ4v) is 2.04. The molecule has 3 rings (SSSR count). The van der Waals surface area contributed by atoms with Crippen LogP contribution in [0, 0.1) is 10.8 Å². The molecule has 0 radical (unpaired) electrons. The lowest BCUT2D eigenvalue weighted by molar-refractivity contribution is 1.47. The minimum absolute atomic E-state index is 1.11. The quantitative estimate of drug-likeness (QED) is 0.546. The summed E-state index contributed by atoms with van der Waals surface area (Å²) in [6, 6.07) is 16.0. The van der Waals surface area contributed by atoms with E-state index in [1.165, 1.54) is 27.9 Å². The molecule has 2 nitrogen and oxygen atoms in total. The molecule has 2 aromatic rings. The summed E-state index contributed by atoms with van der Waals surface area (Å²) in [6.45, 7) is 4.04. The van der Waals surface area contributed by atoms with Crippen LogP contribution in [-0.4, -0.2) is 6.01 Å². The van der Waals surface area contributed by atoms with Gasteiger partial charge in [-0.1, -0.05) is 49.0 Å². The van der Waals surface area contributed by atoms with E-state index in [-0.39, 0.29) is 0 Å². The number of rotatable bonds is 0. The number of nitrogens with one attached hydrogen (secondary N) is 2. The van der Waals surface area contributed by atoms with Gasteiger partial charge in [0.25, 0.3) is 0 Å². The standard InChI is InChI=1S/C14H10.CH2N2/c1-10-5-4-8-13-12-7-3-2-6-11(12)9-14(10)13;2-1-3/h2-9H,1H2;2-3H. The molecule has 0 amide bonds. The van der Waals surface area contributed by atoms with Gasteiger partial charge in [-0.05, 0) is 33.2 Å². The molecule has 1 aliphatic carbocycles. The van der Waals surface area contributed by atoms with E-state index >= 15 is 0 Å². The third-order valence-corrected chi connectivity index (χ3v) is 2.75. The van der Waals surface area contributed by atoms with Gasteiger partial charge in [-0.3, -0.25) is 0 Å². The molecule has 0 saturated heterocycles. The van der Waals surface area contributed by atoms with Gasteiger partial charge in [-0.25, -0.2) is 10.8 Å². The molecule has 17 heavy (non-hydrogen) atoms. The van der Waals surface area contributed by atoms with Crippen molar-refractivity contribution in [3.8, 4) is 11.1 Å². The van der Waals surface area contributed by atoms with Crippen molar-refractivity contribution in [1.82, 2.24) is 0 Å². The number of hydrogen-bond donors (Lipinski definition) is 2. The number of benzene rings is 2. The summed E-state index contributed by atoms with van der Waals surface area (Å²) in [6.07, 6.45) is 2.22. The Morgan fingerprint density at radius 2 is 1.53 bits per heavy atom. The van der Waals surface area contributed by atoms with Gasteiger partial charge < -0.3 is 0 Å². The highest BCUT2D eigenvalue weighted by Crippen LogP contribution is 2.24. The number of fused-ring (bicyclic) bond motifs is 3. The smallest absolute Gasteiger partial charge is 0.0831 e. The second kappa shape index (κ2) is 4.60. The summed E-state index contributed by atoms with van der Waals surface area (Å²) < 4.78 is 0. The third kappa shape index (κ3) is 1.94. The molecule has 0 spiro atoms. The minimum atomic E-state index is 1.11. The largest absolute Gasteiger partial charge is 0.242 e. The average Bonchev–Trinajstić information content (AvgIpc) is 2.71. The zero-order valence-electron chi connectivity index (χ0n) is 9.33. The van der Waals surface area contributed by atoms with E-state index in [0.29, 0.717) is 0 Å². The van der Waals surface area contributed by atoms with Crippen LogP contribution in [0.5, 0.6) is 0 Å². The Balaban J connectivity index is 0.000000329. The van der Waals surface area contributed by atoms with Crippen LogP contribution >= 0.6 is 0 Å². The first-order valence-corrected chi connectivity index (χ1v) is 5.25. The predicted molar refractivity (Wildman–Crippen MR) is 70.7 cm³/mol. The fraction of sp³-hybridized carbons (Fsp3) is 0. The van der Waals surface area contributed by atoms with Crippen molar-refractivity contribution in [1.29, 1.82) is 10.8 Å². The SMILES string of the molecule is C=c1cccc2c1=Cc1ccccc1-2.N=C=N. The topological polar surface area (TPSA) is 47.7 Å². The van der Waals surface area contributed by atoms with E-state index in [2.05, 4.69) is 55.1 Å². The van der Waals surface area contributed by atoms with Crippen molar-refractivity contribution in [2.75, 3.05) is 0 Å². The summed E-state index contributed by atoms with van der Waals surface area (Å²) in [5, 5.41) is 13.6. The summed E-state index contributed by atoms with van der Waals surface area (Å²) in [5.41, 5.74) is 3.94. The Morgan fingerprint density at radius 1 is 0.882 bits per heavy atom. The van der Waals surface area contributed by atoms with Gasteiger partial charge in [0.05, 0.1) is 6.01 Å². The molecular formula is C15H12N2. The van der Waals surface area contributed by atoms with E-state index in [4.69, 9.17) is 10.8 Å². The molecule has 0 unspecified atom stereocenters. The Morgan fingerprint density at radius 3 is 2.29 bits per heavy atom. The van der Waals surface area contributed by atoms with Crippen LogP contribution in [-0.2, 0) is 0 Å². The summed E-state index contributed by atoms with van der Waals surface area (Å²) >= 11 is 0. The van der Waals surface area contributed by atoms with E-state index in [0.717, 1.165) is 5.22 Å². The normalized spacial score (nSPS) is 10.1. The summed E-state index contributed by atoms with van der Waals surface area (Å²) in [4.78, 5) is 0. The van der Waals surface area contributed by atoms with E-state index in [1.54, 1.807) is 0 Å². The van der Waals surface area contributed by atoms with Gasteiger partial charge in [0.2, 0.25) is 0 Å². The zero-order valence-corrected chi connectivity index (χ0v) is 9.33. The predicted octanol–water partition coefficient (Wildman–Crippen LogP) is 2.22. The molecule has 0 fully saturated rings. The van der Waals surface area contributed by atoms with Gasteiger partial charge in [0.15, 0.2) is 0 Å². The second-order valence-electron chi connectivity index (χ2n) is 3.73. The van der Waals surface area contributed by atoms with Crippen LogP contribution in [0.25, 0.3) is 23.8 Å². The monoisotopic (exact) mass is 220 g/mol. The lowest BCUT2D eigenvalue weighted by Crippen LogP contribution is -2.22. The first kappa shape index (κ1) is 11.1. The highest BCUT2D eigenvalue weighted by molar-refractivity contribution is 5.82. The highest BCUT2D eigenvalue weighted by atomic mass is 14.4. The van der Waals surface area contributed by atoms with Gasteiger partial charge >= 0.3 is 0 Å². The maximum atomic E-state index is 5.62. The van der Waals surface area contributed by atoms with E-state index < -0.39 is 0 Å². The molecule has 0 aromatic heterocycles. The molecule has 0 saturated carbocycles. The van der Waals surface area contributed by atoms with Crippen molar-refractivity contribution in [3.63, 3.8) is 0 Å². The molecule has 2 aromatic carbocycles. The van der Waals surface area contributed by atoms with Crippen molar-refractivity contribution >= 4 is 18.7 Å². The van der Waals surface area contributed by atoms with Crippen molar-refractivity contribution < 1.29 is 0 Å². The molecule has 82 valence electrons. The van der Waals surface area contributed by atoms with Crippen molar-refractivity contribution in [3.05, 3.63) is 58.5 Å². The van der Waals surface area contributed by atoms with Crippen molar-refractivity contribution in [2.45, 2.75) is 0 Å². The van der Waals surface area contributed by atoms with Crippen LogP contribution in [0.15, 0.2) is 42.5 Å². The molecule has 2 N–H and O–H groups in total. The first-order chi connectivity index (χ1) is 8.27. The van der Waals surface area contributed by atoms with Crippen LogP contribution < -0.4 is 10.4 Å². The van der Waals surface area contributed by atoms with Gasteiger partial charge in [-0.15, -0.1) is 0 Å². The molecule has 0 aliphatic heterocycles. The summed E-state index contributed by atoms with van der Waals surface area (Å²) in [7, 11) is 0. The van der Waals surface area contributed by atoms with Gasteiger partial charge in [-0.2, -0.15) is 0 Å². The molecule has 2 heteroatoms. The van der Waals surface area contributed by atoms with E-state index in [9.17, 15) is 0 Å². The second-order valence-corrected chi connectivity index (χ2v) is 3.73. The lowest BCUT2D eigenvalue weighted by Gasteiger charge is -1.99. The highest BCUT2D eigenvalue weighted by Gasteiger charge is 2.09. The van der Waals surface area contributed by atoms with E-state index in [1.807, 2.05) is 0 Å². The third-order valence-electron chi connectivity index (χ3n) is 2.75. The average molecular weight is 220 g/mol. The van der Waals surface area contributed by atoms with Crippen molar-refractivity contribution in [2.24, 2.45) is 0 Å². The Labute approximate surface area is 99.6 Å². The Hall–Kier alpha value is -2.44. The van der Waals surface area contributed by atoms with Crippen LogP contribution in [0.1, 0.15) is 5.56 Å². The maximum absolute atomic E-state index is 5.62. The lowest BCUT2D eigenvalue weighted by atomic mass is 10.1. The summed E-state index contributed by atoms with van der Waals surface area (Å²) in [5.74, 6) is 0. The van der Waals surface area contributed by atoms with Gasteiger partial charge in [0, 0.05) is 0 Å². The molecular weight excluding hydrogens is 208 g/mol. The van der Waals surface area contributed by atoms with Crippen LogP contribution in [0.4, 0.5) is 0 Å². The van der Waals surface area contributed by atoms with Crippen LogP contribution in [0.2, 0.25) is 0 Å². The fourth-order valence-electron chi connectivity index (χ4n) is 2.04. The molecule has 0 heterocycles. The molecule has 1 aliphatic rings. The minimum Gasteiger partial charge on any atom is -0.242 e.